The molecule has 70 heavy (non-hydrogen) atoms. The number of hydrogen-bond donors (Lipinski definition) is 0. The van der Waals surface area contributed by atoms with Crippen LogP contribution in [0.3, 0.4) is 0 Å². The molecular formula is C63H52N5OPt-3. The zero-order valence-corrected chi connectivity index (χ0v) is 42.6. The SMILES string of the molecule is Cc1cc(-n2c3[c-]c(Oc4[c-]c(N5[CH-]N(c6cc(C(C)(C)C)cc(C(C)(C)C)c6)c6ccccc65)ccc4)ccc3c3ccccc32)ncc1-c1ccc(-n2c3ccccc3c3ccccc32)cc1.[Pt]. The second-order valence-electron chi connectivity index (χ2n) is 20.3. The average Bonchev–Trinajstić information content (AvgIpc) is 4.02. The van der Waals surface area contributed by atoms with Crippen molar-refractivity contribution in [2.45, 2.75) is 59.3 Å². The first-order chi connectivity index (χ1) is 33.4. The fourth-order valence-electron chi connectivity index (χ4n) is 10.0. The van der Waals surface area contributed by atoms with Crippen LogP contribution in [0.1, 0.15) is 58.2 Å². The number of para-hydroxylation sites is 5. The van der Waals surface area contributed by atoms with Crippen LogP contribution in [0.5, 0.6) is 11.5 Å². The maximum Gasteiger partial charge on any atom is 0.135 e. The Morgan fingerprint density at radius 1 is 0.500 bits per heavy atom. The van der Waals surface area contributed by atoms with E-state index in [1.54, 1.807) is 0 Å². The van der Waals surface area contributed by atoms with Gasteiger partial charge in [0.2, 0.25) is 0 Å². The third-order valence-corrected chi connectivity index (χ3v) is 13.7. The third-order valence-electron chi connectivity index (χ3n) is 13.7. The van der Waals surface area contributed by atoms with Crippen molar-refractivity contribution in [3.05, 3.63) is 218 Å². The molecule has 0 saturated heterocycles. The summed E-state index contributed by atoms with van der Waals surface area (Å²) in [5.74, 6) is 2.02. The Bertz CT molecular complexity index is 3710. The van der Waals surface area contributed by atoms with Gasteiger partial charge in [0, 0.05) is 83.4 Å². The van der Waals surface area contributed by atoms with E-state index in [-0.39, 0.29) is 31.9 Å². The molecule has 12 rings (SSSR count). The molecule has 0 unspecified atom stereocenters. The van der Waals surface area contributed by atoms with E-state index in [9.17, 15) is 0 Å². The molecule has 0 radical (unpaired) electrons. The van der Waals surface area contributed by atoms with E-state index in [2.05, 4.69) is 244 Å². The van der Waals surface area contributed by atoms with Gasteiger partial charge in [-0.05, 0) is 106 Å². The Hall–Kier alpha value is -7.40. The summed E-state index contributed by atoms with van der Waals surface area (Å²) in [5.41, 5.74) is 15.6. The van der Waals surface area contributed by atoms with Crippen molar-refractivity contribution in [1.82, 2.24) is 14.1 Å². The van der Waals surface area contributed by atoms with Gasteiger partial charge in [-0.15, -0.1) is 48.1 Å². The largest absolute Gasteiger partial charge is 0.509 e. The molecule has 7 heteroatoms. The first-order valence-electron chi connectivity index (χ1n) is 23.8. The maximum atomic E-state index is 6.66. The van der Waals surface area contributed by atoms with E-state index in [0.29, 0.717) is 11.5 Å². The van der Waals surface area contributed by atoms with Crippen molar-refractivity contribution in [3.8, 4) is 34.1 Å². The van der Waals surface area contributed by atoms with Gasteiger partial charge in [0.15, 0.2) is 0 Å². The molecule has 0 aliphatic carbocycles. The van der Waals surface area contributed by atoms with Crippen LogP contribution in [0.2, 0.25) is 0 Å². The van der Waals surface area contributed by atoms with E-state index in [1.165, 1.54) is 32.9 Å². The molecule has 348 valence electrons. The molecule has 4 heterocycles. The Kier molecular flexibility index (Phi) is 11.1. The minimum atomic E-state index is -0.00630. The van der Waals surface area contributed by atoms with Crippen molar-refractivity contribution >= 4 is 66.4 Å². The Morgan fingerprint density at radius 2 is 1.06 bits per heavy atom. The van der Waals surface area contributed by atoms with Crippen molar-refractivity contribution in [2.75, 3.05) is 9.80 Å². The monoisotopic (exact) mass is 1090 g/mol. The topological polar surface area (TPSA) is 38.5 Å². The average molecular weight is 1090 g/mol. The second kappa shape index (κ2) is 17.2. The number of pyridine rings is 1. The third kappa shape index (κ3) is 7.76. The summed E-state index contributed by atoms with van der Waals surface area (Å²) >= 11 is 0. The van der Waals surface area contributed by atoms with Crippen LogP contribution in [0, 0.1) is 25.7 Å². The molecule has 0 N–H and O–H groups in total. The molecule has 11 aromatic rings. The van der Waals surface area contributed by atoms with Crippen LogP contribution in [0.25, 0.3) is 66.2 Å². The molecule has 3 aromatic heterocycles. The van der Waals surface area contributed by atoms with Crippen LogP contribution < -0.4 is 14.5 Å². The van der Waals surface area contributed by atoms with Crippen molar-refractivity contribution in [2.24, 2.45) is 0 Å². The number of hydrogen-bond acceptors (Lipinski definition) is 4. The van der Waals surface area contributed by atoms with Gasteiger partial charge >= 0.3 is 0 Å². The molecule has 1 aliphatic heterocycles. The number of aryl methyl sites for hydroxylation is 1. The second-order valence-corrected chi connectivity index (χ2v) is 20.3. The van der Waals surface area contributed by atoms with E-state index in [4.69, 9.17) is 9.72 Å². The fraction of sp³-hybridized carbons (Fsp3) is 0.143. The number of benzene rings is 8. The van der Waals surface area contributed by atoms with Gasteiger partial charge in [-0.3, -0.25) is 0 Å². The number of anilines is 4. The normalized spacial score (nSPS) is 12.8. The molecule has 0 bridgehead atoms. The van der Waals surface area contributed by atoms with Crippen LogP contribution in [0.4, 0.5) is 22.7 Å². The van der Waals surface area contributed by atoms with Gasteiger partial charge in [0.05, 0.1) is 11.0 Å². The first kappa shape index (κ1) is 45.1. The zero-order valence-electron chi connectivity index (χ0n) is 40.4. The predicted molar refractivity (Wildman–Crippen MR) is 286 cm³/mol. The van der Waals surface area contributed by atoms with Crippen LogP contribution in [-0.2, 0) is 31.9 Å². The smallest absolute Gasteiger partial charge is 0.135 e. The molecule has 0 atom stereocenters. The van der Waals surface area contributed by atoms with E-state index in [1.807, 2.05) is 24.4 Å². The summed E-state index contributed by atoms with van der Waals surface area (Å²) < 4.78 is 11.2. The summed E-state index contributed by atoms with van der Waals surface area (Å²) in [4.78, 5) is 9.64. The number of rotatable bonds is 7. The predicted octanol–water partition coefficient (Wildman–Crippen LogP) is 16.6. The molecule has 0 spiro atoms. The van der Waals surface area contributed by atoms with Gasteiger partial charge < -0.3 is 23.7 Å². The van der Waals surface area contributed by atoms with Gasteiger partial charge in [-0.1, -0.05) is 132 Å². The molecular weight excluding hydrogens is 1040 g/mol. The van der Waals surface area contributed by atoms with Gasteiger partial charge in [0.25, 0.3) is 0 Å². The number of fused-ring (bicyclic) bond motifs is 7. The Labute approximate surface area is 424 Å². The Morgan fingerprint density at radius 3 is 1.67 bits per heavy atom. The summed E-state index contributed by atoms with van der Waals surface area (Å²) in [6, 6.07) is 69.8. The van der Waals surface area contributed by atoms with E-state index in [0.717, 1.165) is 72.8 Å². The van der Waals surface area contributed by atoms with Crippen molar-refractivity contribution in [3.63, 3.8) is 0 Å². The minimum Gasteiger partial charge on any atom is -0.509 e. The quantitative estimate of drug-likeness (QED) is 0.149. The van der Waals surface area contributed by atoms with Gasteiger partial charge in [-0.2, -0.15) is 12.1 Å². The first-order valence-corrected chi connectivity index (χ1v) is 23.8. The summed E-state index contributed by atoms with van der Waals surface area (Å²) in [6.07, 6.45) is 2.00. The molecule has 0 amide bonds. The van der Waals surface area contributed by atoms with Crippen molar-refractivity contribution in [1.29, 1.82) is 0 Å². The van der Waals surface area contributed by atoms with Gasteiger partial charge in [0.1, 0.15) is 5.82 Å². The Balaban J connectivity index is 0.00000533. The number of aromatic nitrogens is 3. The summed E-state index contributed by atoms with van der Waals surface area (Å²) in [5, 5.41) is 4.71. The zero-order chi connectivity index (χ0) is 47.2. The van der Waals surface area contributed by atoms with E-state index < -0.39 is 0 Å². The maximum absolute atomic E-state index is 6.66. The molecule has 6 nitrogen and oxygen atoms in total. The van der Waals surface area contributed by atoms with E-state index >= 15 is 0 Å². The van der Waals surface area contributed by atoms with Gasteiger partial charge in [-0.25, -0.2) is 4.98 Å². The molecule has 0 fully saturated rings. The van der Waals surface area contributed by atoms with Crippen molar-refractivity contribution < 1.29 is 25.8 Å². The molecule has 8 aromatic carbocycles. The van der Waals surface area contributed by atoms with Crippen LogP contribution in [-0.4, -0.2) is 14.1 Å². The van der Waals surface area contributed by atoms with Crippen LogP contribution >= 0.6 is 0 Å². The number of ether oxygens (including phenoxy) is 1. The summed E-state index contributed by atoms with van der Waals surface area (Å²) in [6.45, 7) is 18.0. The molecule has 0 saturated carbocycles. The molecule has 1 aliphatic rings. The van der Waals surface area contributed by atoms with Crippen LogP contribution in [0.15, 0.2) is 182 Å². The minimum absolute atomic E-state index is 0. The standard InChI is InChI=1S/C63H52N5O.Pt/c1-41-33-61(64-39-54(41)42-27-29-45(30-28-42)67-55-22-11-8-19-50(55)51-20-9-12-23-56(51)67)68-57-24-13-10-21-52(57)53-32-31-49(38-60(53)68)69-48-18-16-17-46(37-48)65-40-66(59-26-15-14-25-58(59)65)47-35-43(62(2,3)4)34-44(36-47)63(5,6)7;/h8-36,39-40H,1-7H3;/q-3;. The number of nitrogens with zero attached hydrogens (tertiary/aromatic N) is 5. The fourth-order valence-corrected chi connectivity index (χ4v) is 10.0. The summed E-state index contributed by atoms with van der Waals surface area (Å²) in [7, 11) is 0.